The highest BCUT2D eigenvalue weighted by molar-refractivity contribution is 6.02. The Kier molecular flexibility index (Phi) is 7.01. The van der Waals surface area contributed by atoms with Crippen molar-refractivity contribution in [3.8, 4) is 17.2 Å². The summed E-state index contributed by atoms with van der Waals surface area (Å²) in [4.78, 5) is 22.3. The number of pyridine rings is 1. The second kappa shape index (κ2) is 10.3. The van der Waals surface area contributed by atoms with Crippen molar-refractivity contribution in [2.45, 2.75) is 26.5 Å². The molecule has 1 aromatic heterocycles. The van der Waals surface area contributed by atoms with Gasteiger partial charge in [0.05, 0.1) is 17.7 Å². The van der Waals surface area contributed by atoms with Crippen LogP contribution in [0.4, 0.5) is 5.82 Å². The first-order chi connectivity index (χ1) is 16.1. The number of carbonyl (C=O) groups is 1. The zero-order valence-corrected chi connectivity index (χ0v) is 19.1. The molecule has 0 aliphatic carbocycles. The van der Waals surface area contributed by atoms with Gasteiger partial charge in [0.25, 0.3) is 0 Å². The molecule has 6 heteroatoms. The topological polar surface area (TPSA) is 69.5 Å². The van der Waals surface area contributed by atoms with Crippen LogP contribution in [0.5, 0.6) is 0 Å². The van der Waals surface area contributed by atoms with Crippen molar-refractivity contribution < 1.29 is 9.53 Å². The van der Waals surface area contributed by atoms with Gasteiger partial charge in [0.1, 0.15) is 11.4 Å². The number of nitrogens with zero attached hydrogens (tertiary/aromatic N) is 4. The lowest BCUT2D eigenvalue weighted by atomic mass is 10.00. The van der Waals surface area contributed by atoms with Crippen molar-refractivity contribution in [2.24, 2.45) is 0 Å². The van der Waals surface area contributed by atoms with E-state index in [-0.39, 0.29) is 12.1 Å². The maximum Gasteiger partial charge on any atom is 0.342 e. The lowest BCUT2D eigenvalue weighted by molar-refractivity contribution is 0.0379. The molecule has 0 radical (unpaired) electrons. The van der Waals surface area contributed by atoms with E-state index in [2.05, 4.69) is 20.9 Å². The molecule has 1 saturated heterocycles. The van der Waals surface area contributed by atoms with Crippen LogP contribution in [0.25, 0.3) is 11.1 Å². The van der Waals surface area contributed by atoms with Gasteiger partial charge in [-0.05, 0) is 37.1 Å². The van der Waals surface area contributed by atoms with Crippen LogP contribution in [-0.2, 0) is 11.3 Å². The number of hydrogen-bond acceptors (Lipinski definition) is 6. The Balaban J connectivity index is 1.58. The minimum absolute atomic E-state index is 0.216. The summed E-state index contributed by atoms with van der Waals surface area (Å²) in [5, 5.41) is 9.37. The molecule has 2 aromatic carbocycles. The number of nitriles is 1. The van der Waals surface area contributed by atoms with Crippen LogP contribution in [0.15, 0.2) is 66.9 Å². The van der Waals surface area contributed by atoms with Crippen molar-refractivity contribution in [3.63, 3.8) is 0 Å². The van der Waals surface area contributed by atoms with E-state index in [4.69, 9.17) is 4.74 Å². The molecule has 4 rings (SSSR count). The zero-order chi connectivity index (χ0) is 23.2. The first-order valence-corrected chi connectivity index (χ1v) is 11.3. The SMILES string of the molecule is CC(C)OC(=O)c1c(-c2ccccc2)ccnc1N1CCN(Cc2ccccc2C#N)CC1. The van der Waals surface area contributed by atoms with Gasteiger partial charge in [0.15, 0.2) is 0 Å². The van der Waals surface area contributed by atoms with E-state index >= 15 is 0 Å². The van der Waals surface area contributed by atoms with Crippen molar-refractivity contribution in [1.82, 2.24) is 9.88 Å². The van der Waals surface area contributed by atoms with Crippen LogP contribution in [0, 0.1) is 11.3 Å². The van der Waals surface area contributed by atoms with E-state index < -0.39 is 0 Å². The Morgan fingerprint density at radius 3 is 2.42 bits per heavy atom. The first-order valence-electron chi connectivity index (χ1n) is 11.3. The van der Waals surface area contributed by atoms with E-state index in [9.17, 15) is 10.1 Å². The van der Waals surface area contributed by atoms with Crippen LogP contribution < -0.4 is 4.90 Å². The zero-order valence-electron chi connectivity index (χ0n) is 19.1. The summed E-state index contributed by atoms with van der Waals surface area (Å²) in [5.74, 6) is 0.316. The van der Waals surface area contributed by atoms with E-state index in [0.29, 0.717) is 11.4 Å². The molecule has 0 bridgehead atoms. The van der Waals surface area contributed by atoms with Gasteiger partial charge in [-0.2, -0.15) is 5.26 Å². The Hall–Kier alpha value is -3.69. The van der Waals surface area contributed by atoms with Gasteiger partial charge in [-0.15, -0.1) is 0 Å². The van der Waals surface area contributed by atoms with Crippen molar-refractivity contribution in [2.75, 3.05) is 31.1 Å². The summed E-state index contributed by atoms with van der Waals surface area (Å²) >= 11 is 0. The largest absolute Gasteiger partial charge is 0.459 e. The summed E-state index contributed by atoms with van der Waals surface area (Å²) in [5.41, 5.74) is 4.07. The van der Waals surface area contributed by atoms with Gasteiger partial charge in [0.2, 0.25) is 0 Å². The van der Waals surface area contributed by atoms with E-state index in [1.807, 2.05) is 74.5 Å². The molecule has 1 fully saturated rings. The van der Waals surface area contributed by atoms with Crippen LogP contribution >= 0.6 is 0 Å². The molecule has 0 unspecified atom stereocenters. The van der Waals surface area contributed by atoms with Crippen molar-refractivity contribution in [1.29, 1.82) is 5.26 Å². The van der Waals surface area contributed by atoms with E-state index in [0.717, 1.165) is 55.0 Å². The monoisotopic (exact) mass is 440 g/mol. The number of aromatic nitrogens is 1. The standard InChI is InChI=1S/C27H28N4O2/c1-20(2)33-27(32)25-24(21-8-4-3-5-9-21)12-13-29-26(25)31-16-14-30(15-17-31)19-23-11-7-6-10-22(23)18-28/h3-13,20H,14-17,19H2,1-2H3. The number of esters is 1. The summed E-state index contributed by atoms with van der Waals surface area (Å²) in [7, 11) is 0. The molecular formula is C27H28N4O2. The highest BCUT2D eigenvalue weighted by Gasteiger charge is 2.27. The normalized spacial score (nSPS) is 14.2. The van der Waals surface area contributed by atoms with Gasteiger partial charge in [-0.1, -0.05) is 48.5 Å². The Bertz CT molecular complexity index is 1150. The van der Waals surface area contributed by atoms with Gasteiger partial charge in [0, 0.05) is 44.5 Å². The van der Waals surface area contributed by atoms with Crippen molar-refractivity contribution in [3.05, 3.63) is 83.6 Å². The van der Waals surface area contributed by atoms with Gasteiger partial charge < -0.3 is 9.64 Å². The Labute approximate surface area is 195 Å². The maximum atomic E-state index is 13.2. The average Bonchev–Trinajstić information content (AvgIpc) is 2.84. The van der Waals surface area contributed by atoms with E-state index in [1.165, 1.54) is 0 Å². The molecule has 168 valence electrons. The molecular weight excluding hydrogens is 412 g/mol. The van der Waals surface area contributed by atoms with Gasteiger partial charge in [-0.3, -0.25) is 4.90 Å². The number of benzene rings is 2. The number of carbonyl (C=O) groups excluding carboxylic acids is 1. The molecule has 3 aromatic rings. The predicted octanol–water partition coefficient (Wildman–Crippen LogP) is 4.51. The molecule has 1 aliphatic heterocycles. The highest BCUT2D eigenvalue weighted by Crippen LogP contribution is 2.31. The summed E-state index contributed by atoms with van der Waals surface area (Å²) < 4.78 is 5.61. The van der Waals surface area contributed by atoms with Crippen LogP contribution in [0.2, 0.25) is 0 Å². The molecule has 33 heavy (non-hydrogen) atoms. The van der Waals surface area contributed by atoms with Gasteiger partial charge >= 0.3 is 5.97 Å². The highest BCUT2D eigenvalue weighted by atomic mass is 16.5. The van der Waals surface area contributed by atoms with Gasteiger partial charge in [-0.25, -0.2) is 9.78 Å². The molecule has 6 nitrogen and oxygen atoms in total. The predicted molar refractivity (Wildman–Crippen MR) is 129 cm³/mol. The number of ether oxygens (including phenoxy) is 1. The second-order valence-electron chi connectivity index (χ2n) is 8.41. The summed E-state index contributed by atoms with van der Waals surface area (Å²) in [6.07, 6.45) is 1.55. The third kappa shape index (κ3) is 5.21. The van der Waals surface area contributed by atoms with Crippen molar-refractivity contribution >= 4 is 11.8 Å². The Morgan fingerprint density at radius 1 is 1.03 bits per heavy atom. The number of piperazine rings is 1. The summed E-state index contributed by atoms with van der Waals surface area (Å²) in [6, 6.07) is 21.8. The third-order valence-corrected chi connectivity index (χ3v) is 5.77. The molecule has 0 saturated carbocycles. The fourth-order valence-electron chi connectivity index (χ4n) is 4.15. The lowest BCUT2D eigenvalue weighted by Crippen LogP contribution is -2.46. The minimum atomic E-state index is -0.350. The molecule has 0 N–H and O–H groups in total. The fraction of sp³-hybridized carbons (Fsp3) is 0.296. The van der Waals surface area contributed by atoms with Crippen LogP contribution in [0.1, 0.15) is 35.3 Å². The number of rotatable bonds is 6. The molecule has 1 aliphatic rings. The van der Waals surface area contributed by atoms with E-state index in [1.54, 1.807) is 6.20 Å². The smallest absolute Gasteiger partial charge is 0.342 e. The Morgan fingerprint density at radius 2 is 1.73 bits per heavy atom. The summed E-state index contributed by atoms with van der Waals surface area (Å²) in [6.45, 7) is 7.55. The molecule has 0 spiro atoms. The average molecular weight is 441 g/mol. The second-order valence-corrected chi connectivity index (χ2v) is 8.41. The minimum Gasteiger partial charge on any atom is -0.459 e. The fourth-order valence-corrected chi connectivity index (χ4v) is 4.15. The molecule has 0 amide bonds. The molecule has 2 heterocycles. The van der Waals surface area contributed by atoms with Crippen LogP contribution in [0.3, 0.4) is 0 Å². The lowest BCUT2D eigenvalue weighted by Gasteiger charge is -2.36. The third-order valence-electron chi connectivity index (χ3n) is 5.77. The maximum absolute atomic E-state index is 13.2. The number of hydrogen-bond donors (Lipinski definition) is 0. The molecule has 0 atom stereocenters. The van der Waals surface area contributed by atoms with Crippen LogP contribution in [-0.4, -0.2) is 48.1 Å². The quantitative estimate of drug-likeness (QED) is 0.526. The number of anilines is 1. The first kappa shape index (κ1) is 22.5.